The van der Waals surface area contributed by atoms with Gasteiger partial charge in [0.25, 0.3) is 0 Å². The number of anilines is 2. The van der Waals surface area contributed by atoms with E-state index in [-0.39, 0.29) is 0 Å². The molecule has 1 aliphatic rings. The molecule has 1 aromatic heterocycles. The van der Waals surface area contributed by atoms with Crippen molar-refractivity contribution in [1.82, 2.24) is 4.37 Å². The van der Waals surface area contributed by atoms with Crippen molar-refractivity contribution in [2.45, 2.75) is 38.5 Å². The fourth-order valence-corrected chi connectivity index (χ4v) is 2.71. The molecule has 1 saturated carbocycles. The molecule has 1 heterocycles. The van der Waals surface area contributed by atoms with Crippen molar-refractivity contribution in [3.05, 3.63) is 5.56 Å². The minimum atomic E-state index is 0.697. The minimum absolute atomic E-state index is 0.697. The molecular weight excluding hydrogens is 206 g/mol. The van der Waals surface area contributed by atoms with E-state index in [2.05, 4.69) is 23.2 Å². The van der Waals surface area contributed by atoms with Gasteiger partial charge in [0.1, 0.15) is 10.8 Å². The van der Waals surface area contributed by atoms with Gasteiger partial charge in [-0.25, -0.2) is 0 Å². The first-order valence-electron chi connectivity index (χ1n) is 5.70. The Balaban J connectivity index is 2.12. The number of rotatable bonds is 5. The number of nitrogens with two attached hydrogens (primary N) is 1. The first-order chi connectivity index (χ1) is 7.24. The maximum Gasteiger partial charge on any atom is 0.142 e. The molecule has 2 N–H and O–H groups in total. The number of nitrogen functional groups attached to an aromatic ring is 1. The van der Waals surface area contributed by atoms with E-state index >= 15 is 0 Å². The van der Waals surface area contributed by atoms with Gasteiger partial charge in [-0.05, 0) is 36.7 Å². The predicted octanol–water partition coefficient (Wildman–Crippen LogP) is 2.84. The molecule has 0 unspecified atom stereocenters. The van der Waals surface area contributed by atoms with Crippen molar-refractivity contribution < 1.29 is 0 Å². The Morgan fingerprint density at radius 1 is 1.53 bits per heavy atom. The number of nitrogens with zero attached hydrogens (tertiary/aromatic N) is 2. The van der Waals surface area contributed by atoms with Crippen molar-refractivity contribution in [1.29, 1.82) is 0 Å². The summed E-state index contributed by atoms with van der Waals surface area (Å²) in [4.78, 5) is 2.31. The Morgan fingerprint density at radius 3 is 2.87 bits per heavy atom. The lowest BCUT2D eigenvalue weighted by molar-refractivity contribution is 0.768. The van der Waals surface area contributed by atoms with Crippen LogP contribution in [0.25, 0.3) is 0 Å². The summed E-state index contributed by atoms with van der Waals surface area (Å²) in [7, 11) is 2.15. The summed E-state index contributed by atoms with van der Waals surface area (Å²) in [5.41, 5.74) is 7.24. The third kappa shape index (κ3) is 2.25. The highest BCUT2D eigenvalue weighted by atomic mass is 32.1. The molecule has 0 aliphatic heterocycles. The van der Waals surface area contributed by atoms with Crippen LogP contribution in [-0.2, 0) is 0 Å². The van der Waals surface area contributed by atoms with Crippen molar-refractivity contribution >= 4 is 22.4 Å². The summed E-state index contributed by atoms with van der Waals surface area (Å²) < 4.78 is 4.28. The van der Waals surface area contributed by atoms with Crippen LogP contribution >= 0.6 is 11.5 Å². The van der Waals surface area contributed by atoms with Gasteiger partial charge in [-0.15, -0.1) is 0 Å². The Kier molecular flexibility index (Phi) is 3.14. The molecule has 0 atom stereocenters. The van der Waals surface area contributed by atoms with Crippen molar-refractivity contribution in [3.63, 3.8) is 0 Å². The zero-order valence-electron chi connectivity index (χ0n) is 9.49. The molecule has 0 bridgehead atoms. The molecule has 0 spiro atoms. The summed E-state index contributed by atoms with van der Waals surface area (Å²) in [6.45, 7) is 3.33. The molecule has 2 rings (SSSR count). The zero-order chi connectivity index (χ0) is 10.8. The lowest BCUT2D eigenvalue weighted by Crippen LogP contribution is -2.18. The fourth-order valence-electron chi connectivity index (χ4n) is 1.83. The Morgan fingerprint density at radius 2 is 2.27 bits per heavy atom. The van der Waals surface area contributed by atoms with Crippen LogP contribution in [0.5, 0.6) is 0 Å². The van der Waals surface area contributed by atoms with Gasteiger partial charge >= 0.3 is 0 Å². The van der Waals surface area contributed by atoms with Crippen LogP contribution in [0.15, 0.2) is 0 Å². The lowest BCUT2D eigenvalue weighted by atomic mass is 10.2. The van der Waals surface area contributed by atoms with E-state index in [0.29, 0.717) is 5.92 Å². The van der Waals surface area contributed by atoms with Gasteiger partial charge in [-0.3, -0.25) is 0 Å². The van der Waals surface area contributed by atoms with Crippen molar-refractivity contribution in [3.8, 4) is 0 Å². The Bertz CT molecular complexity index is 331. The predicted molar refractivity (Wildman–Crippen MR) is 66.7 cm³/mol. The highest BCUT2D eigenvalue weighted by Crippen LogP contribution is 2.48. The number of aromatic nitrogens is 1. The van der Waals surface area contributed by atoms with Crippen LogP contribution in [0.1, 0.15) is 44.1 Å². The highest BCUT2D eigenvalue weighted by Gasteiger charge is 2.31. The number of hydrogen-bond acceptors (Lipinski definition) is 4. The van der Waals surface area contributed by atoms with Gasteiger partial charge < -0.3 is 10.6 Å². The third-order valence-corrected chi connectivity index (χ3v) is 3.91. The van der Waals surface area contributed by atoms with Crippen LogP contribution in [0.4, 0.5) is 10.8 Å². The molecule has 84 valence electrons. The summed E-state index contributed by atoms with van der Waals surface area (Å²) in [6.07, 6.45) is 5.05. The van der Waals surface area contributed by atoms with Crippen LogP contribution in [0, 0.1) is 0 Å². The molecule has 1 aliphatic carbocycles. The summed E-state index contributed by atoms with van der Waals surface area (Å²) >= 11 is 1.55. The summed E-state index contributed by atoms with van der Waals surface area (Å²) in [6, 6.07) is 0. The lowest BCUT2D eigenvalue weighted by Gasteiger charge is -2.18. The maximum atomic E-state index is 5.92. The van der Waals surface area contributed by atoms with Crippen molar-refractivity contribution in [2.24, 2.45) is 0 Å². The quantitative estimate of drug-likeness (QED) is 0.838. The first-order valence-corrected chi connectivity index (χ1v) is 6.47. The molecule has 4 heteroatoms. The SMILES string of the molecule is CCCCN(C)c1snc(N)c1C1CC1. The van der Waals surface area contributed by atoms with E-state index in [1.54, 1.807) is 11.5 Å². The van der Waals surface area contributed by atoms with Gasteiger partial charge in [0.15, 0.2) is 0 Å². The number of unbranched alkanes of at least 4 members (excludes halogenated alkanes) is 1. The highest BCUT2D eigenvalue weighted by molar-refractivity contribution is 7.10. The van der Waals surface area contributed by atoms with Gasteiger partial charge in [0, 0.05) is 19.2 Å². The minimum Gasteiger partial charge on any atom is -0.383 e. The van der Waals surface area contributed by atoms with E-state index in [0.717, 1.165) is 12.4 Å². The molecule has 0 aromatic carbocycles. The van der Waals surface area contributed by atoms with E-state index in [1.807, 2.05) is 0 Å². The summed E-state index contributed by atoms with van der Waals surface area (Å²) in [5.74, 6) is 1.46. The van der Waals surface area contributed by atoms with Gasteiger partial charge in [-0.1, -0.05) is 13.3 Å². The molecule has 1 aromatic rings. The second-order valence-electron chi connectivity index (χ2n) is 4.34. The molecule has 0 radical (unpaired) electrons. The van der Waals surface area contributed by atoms with E-state index in [4.69, 9.17) is 5.73 Å². The molecule has 1 fully saturated rings. The topological polar surface area (TPSA) is 42.2 Å². The number of hydrogen-bond donors (Lipinski definition) is 1. The van der Waals surface area contributed by atoms with Crippen LogP contribution in [0.2, 0.25) is 0 Å². The van der Waals surface area contributed by atoms with Gasteiger partial charge in [-0.2, -0.15) is 4.37 Å². The smallest absolute Gasteiger partial charge is 0.142 e. The monoisotopic (exact) mass is 225 g/mol. The molecular formula is C11H19N3S. The zero-order valence-corrected chi connectivity index (χ0v) is 10.3. The van der Waals surface area contributed by atoms with Crippen LogP contribution < -0.4 is 10.6 Å². The molecule has 15 heavy (non-hydrogen) atoms. The largest absolute Gasteiger partial charge is 0.383 e. The average molecular weight is 225 g/mol. The fraction of sp³-hybridized carbons (Fsp3) is 0.727. The van der Waals surface area contributed by atoms with E-state index in [1.165, 1.54) is 36.2 Å². The summed E-state index contributed by atoms with van der Waals surface area (Å²) in [5, 5.41) is 1.29. The molecule has 0 saturated heterocycles. The maximum absolute atomic E-state index is 5.92. The van der Waals surface area contributed by atoms with E-state index in [9.17, 15) is 0 Å². The Labute approximate surface area is 95.4 Å². The van der Waals surface area contributed by atoms with E-state index < -0.39 is 0 Å². The van der Waals surface area contributed by atoms with Crippen LogP contribution in [0.3, 0.4) is 0 Å². The second-order valence-corrected chi connectivity index (χ2v) is 5.09. The van der Waals surface area contributed by atoms with Gasteiger partial charge in [0.05, 0.1) is 0 Å². The van der Waals surface area contributed by atoms with Crippen LogP contribution in [-0.4, -0.2) is 18.0 Å². The second kappa shape index (κ2) is 4.39. The van der Waals surface area contributed by atoms with Crippen molar-refractivity contribution in [2.75, 3.05) is 24.2 Å². The normalized spacial score (nSPS) is 15.6. The Hall–Kier alpha value is -0.770. The first kappa shape index (κ1) is 10.7. The third-order valence-electron chi connectivity index (χ3n) is 2.92. The molecule has 0 amide bonds. The molecule has 3 nitrogen and oxygen atoms in total. The standard InChI is InChI=1S/C11H19N3S/c1-3-4-7-14(2)11-9(8-5-6-8)10(12)13-15-11/h8H,3-7H2,1-2H3,(H2,12,13). The average Bonchev–Trinajstić information content (AvgIpc) is 2.99. The van der Waals surface area contributed by atoms with Gasteiger partial charge in [0.2, 0.25) is 0 Å².